The van der Waals surface area contributed by atoms with Gasteiger partial charge in [-0.25, -0.2) is 4.98 Å². The Bertz CT molecular complexity index is 411. The lowest BCUT2D eigenvalue weighted by molar-refractivity contribution is 0.0756. The van der Waals surface area contributed by atoms with Crippen LogP contribution in [-0.4, -0.2) is 35.3 Å². The van der Waals surface area contributed by atoms with Crippen molar-refractivity contribution < 1.29 is 4.79 Å². The van der Waals surface area contributed by atoms with E-state index in [4.69, 9.17) is 5.73 Å². The number of aryl methyl sites for hydroxylation is 1. The van der Waals surface area contributed by atoms with Gasteiger partial charge < -0.3 is 5.73 Å². The Labute approximate surface area is 96.5 Å². The number of hydrogen-bond donors (Lipinski definition) is 1. The van der Waals surface area contributed by atoms with Crippen LogP contribution in [0.3, 0.4) is 0 Å². The highest BCUT2D eigenvalue weighted by Crippen LogP contribution is 2.21. The van der Waals surface area contributed by atoms with E-state index in [9.17, 15) is 4.79 Å². The van der Waals surface area contributed by atoms with Gasteiger partial charge in [0.25, 0.3) is 0 Å². The van der Waals surface area contributed by atoms with E-state index in [0.717, 1.165) is 5.56 Å². The Hall–Kier alpha value is -1.42. The highest BCUT2D eigenvalue weighted by atomic mass is 16.1. The van der Waals surface area contributed by atoms with Crippen LogP contribution >= 0.6 is 0 Å². The number of anilines is 1. The summed E-state index contributed by atoms with van der Waals surface area (Å²) in [6.07, 6.45) is 1.66. The topological polar surface area (TPSA) is 59.2 Å². The molecule has 0 fully saturated rings. The maximum Gasteiger partial charge on any atom is 0.186 e. The van der Waals surface area contributed by atoms with Crippen LogP contribution in [-0.2, 0) is 0 Å². The van der Waals surface area contributed by atoms with Crippen LogP contribution in [0.25, 0.3) is 0 Å². The summed E-state index contributed by atoms with van der Waals surface area (Å²) in [5.41, 5.74) is 6.59. The standard InChI is InChI=1S/C12H19N3O/c1-8-6-9(11(13)14-7-8)10(16)12(2,3)15(4)5/h6-7H,1-5H3,(H2,13,14). The molecule has 0 aromatic carbocycles. The number of Topliss-reactive ketones (excluding diaryl/α,β-unsaturated/α-hetero) is 1. The number of nitrogens with two attached hydrogens (primary N) is 1. The number of nitrogen functional groups attached to an aromatic ring is 1. The SMILES string of the molecule is Cc1cnc(N)c(C(=O)C(C)(C)N(C)C)c1. The van der Waals surface area contributed by atoms with E-state index < -0.39 is 5.54 Å². The van der Waals surface area contributed by atoms with Crippen molar-refractivity contribution in [1.82, 2.24) is 9.88 Å². The van der Waals surface area contributed by atoms with Crippen molar-refractivity contribution >= 4 is 11.6 Å². The van der Waals surface area contributed by atoms with Crippen LogP contribution < -0.4 is 5.73 Å². The zero-order valence-electron chi connectivity index (χ0n) is 10.5. The molecular weight excluding hydrogens is 202 g/mol. The lowest BCUT2D eigenvalue weighted by Crippen LogP contribution is -2.46. The van der Waals surface area contributed by atoms with Gasteiger partial charge in [0.2, 0.25) is 0 Å². The molecule has 0 radical (unpaired) electrons. The highest BCUT2D eigenvalue weighted by molar-refractivity contribution is 6.05. The lowest BCUT2D eigenvalue weighted by Gasteiger charge is -2.31. The second-order valence-corrected chi connectivity index (χ2v) is 4.73. The summed E-state index contributed by atoms with van der Waals surface area (Å²) >= 11 is 0. The number of pyridine rings is 1. The molecule has 1 heterocycles. The Balaban J connectivity index is 3.19. The van der Waals surface area contributed by atoms with Gasteiger partial charge in [0, 0.05) is 6.20 Å². The van der Waals surface area contributed by atoms with Gasteiger partial charge in [-0.2, -0.15) is 0 Å². The fraction of sp³-hybridized carbons (Fsp3) is 0.500. The Kier molecular flexibility index (Phi) is 3.33. The fourth-order valence-corrected chi connectivity index (χ4v) is 1.29. The molecule has 1 rings (SSSR count). The van der Waals surface area contributed by atoms with E-state index in [0.29, 0.717) is 11.4 Å². The number of carbonyl (C=O) groups is 1. The Morgan fingerprint density at radius 2 is 2.00 bits per heavy atom. The molecule has 4 nitrogen and oxygen atoms in total. The third-order valence-corrected chi connectivity index (χ3v) is 2.97. The number of ketones is 1. The van der Waals surface area contributed by atoms with E-state index in [-0.39, 0.29) is 5.78 Å². The van der Waals surface area contributed by atoms with Crippen LogP contribution in [0.4, 0.5) is 5.82 Å². The van der Waals surface area contributed by atoms with Crippen molar-refractivity contribution in [1.29, 1.82) is 0 Å². The van der Waals surface area contributed by atoms with Gasteiger partial charge in [0.05, 0.1) is 11.1 Å². The molecule has 0 spiro atoms. The average Bonchev–Trinajstić information content (AvgIpc) is 2.20. The van der Waals surface area contributed by atoms with Crippen molar-refractivity contribution in [3.8, 4) is 0 Å². The van der Waals surface area contributed by atoms with Crippen LogP contribution in [0.2, 0.25) is 0 Å². The minimum Gasteiger partial charge on any atom is -0.383 e. The number of aromatic nitrogens is 1. The third-order valence-electron chi connectivity index (χ3n) is 2.97. The minimum atomic E-state index is -0.580. The van der Waals surface area contributed by atoms with Crippen molar-refractivity contribution in [2.45, 2.75) is 26.3 Å². The molecule has 0 aliphatic carbocycles. The van der Waals surface area contributed by atoms with E-state index >= 15 is 0 Å². The van der Waals surface area contributed by atoms with Gasteiger partial charge in [0.15, 0.2) is 5.78 Å². The van der Waals surface area contributed by atoms with Crippen LogP contribution in [0.15, 0.2) is 12.3 Å². The molecular formula is C12H19N3O. The van der Waals surface area contributed by atoms with Gasteiger partial charge in [-0.05, 0) is 46.5 Å². The number of nitrogens with zero attached hydrogens (tertiary/aromatic N) is 2. The fourth-order valence-electron chi connectivity index (χ4n) is 1.29. The molecule has 2 N–H and O–H groups in total. The smallest absolute Gasteiger partial charge is 0.186 e. The molecule has 0 saturated heterocycles. The van der Waals surface area contributed by atoms with Gasteiger partial charge in [0.1, 0.15) is 5.82 Å². The van der Waals surface area contributed by atoms with Crippen LogP contribution in [0, 0.1) is 6.92 Å². The van der Waals surface area contributed by atoms with Crippen molar-refractivity contribution in [3.63, 3.8) is 0 Å². The predicted molar refractivity (Wildman–Crippen MR) is 65.5 cm³/mol. The van der Waals surface area contributed by atoms with Crippen LogP contribution in [0.1, 0.15) is 29.8 Å². The number of rotatable bonds is 3. The second-order valence-electron chi connectivity index (χ2n) is 4.73. The van der Waals surface area contributed by atoms with Gasteiger partial charge in [-0.3, -0.25) is 9.69 Å². The molecule has 0 aliphatic heterocycles. The molecule has 16 heavy (non-hydrogen) atoms. The first-order valence-corrected chi connectivity index (χ1v) is 5.21. The van der Waals surface area contributed by atoms with E-state index in [1.54, 1.807) is 12.3 Å². The summed E-state index contributed by atoms with van der Waals surface area (Å²) < 4.78 is 0. The first-order valence-electron chi connectivity index (χ1n) is 5.21. The summed E-state index contributed by atoms with van der Waals surface area (Å²) in [5.74, 6) is 0.289. The molecule has 0 aliphatic rings. The van der Waals surface area contributed by atoms with Gasteiger partial charge in [-0.15, -0.1) is 0 Å². The van der Waals surface area contributed by atoms with E-state index in [1.807, 2.05) is 39.8 Å². The molecule has 0 saturated carbocycles. The van der Waals surface area contributed by atoms with Crippen LogP contribution in [0.5, 0.6) is 0 Å². The molecule has 0 amide bonds. The number of likely N-dealkylation sites (N-methyl/N-ethyl adjacent to an activating group) is 1. The van der Waals surface area contributed by atoms with Crippen molar-refractivity contribution in [2.24, 2.45) is 0 Å². The summed E-state index contributed by atoms with van der Waals surface area (Å²) in [7, 11) is 3.74. The number of carbonyl (C=O) groups excluding carboxylic acids is 1. The first-order chi connectivity index (χ1) is 7.26. The largest absolute Gasteiger partial charge is 0.383 e. The normalized spacial score (nSPS) is 11.9. The predicted octanol–water partition coefficient (Wildman–Crippen LogP) is 1.50. The number of hydrogen-bond acceptors (Lipinski definition) is 4. The zero-order valence-corrected chi connectivity index (χ0v) is 10.5. The molecule has 0 unspecified atom stereocenters. The minimum absolute atomic E-state index is 0.00815. The third kappa shape index (κ3) is 2.22. The summed E-state index contributed by atoms with van der Waals surface area (Å²) in [4.78, 5) is 18.2. The van der Waals surface area contributed by atoms with Gasteiger partial charge in [-0.1, -0.05) is 0 Å². The maximum atomic E-state index is 12.3. The maximum absolute atomic E-state index is 12.3. The molecule has 1 aromatic rings. The molecule has 1 aromatic heterocycles. The summed E-state index contributed by atoms with van der Waals surface area (Å²) in [5, 5.41) is 0. The van der Waals surface area contributed by atoms with Crippen molar-refractivity contribution in [3.05, 3.63) is 23.4 Å². The zero-order chi connectivity index (χ0) is 12.5. The lowest BCUT2D eigenvalue weighted by atomic mass is 9.92. The quantitative estimate of drug-likeness (QED) is 0.786. The van der Waals surface area contributed by atoms with E-state index in [2.05, 4.69) is 4.98 Å². The monoisotopic (exact) mass is 221 g/mol. The molecule has 88 valence electrons. The molecule has 0 atom stereocenters. The first kappa shape index (κ1) is 12.6. The average molecular weight is 221 g/mol. The molecule has 0 bridgehead atoms. The highest BCUT2D eigenvalue weighted by Gasteiger charge is 2.32. The molecule has 4 heteroatoms. The van der Waals surface area contributed by atoms with Crippen molar-refractivity contribution in [2.75, 3.05) is 19.8 Å². The summed E-state index contributed by atoms with van der Waals surface area (Å²) in [6, 6.07) is 1.79. The van der Waals surface area contributed by atoms with E-state index in [1.165, 1.54) is 0 Å². The summed E-state index contributed by atoms with van der Waals surface area (Å²) in [6.45, 7) is 5.64. The second kappa shape index (κ2) is 4.22. The van der Waals surface area contributed by atoms with Gasteiger partial charge >= 0.3 is 0 Å². The Morgan fingerprint density at radius 1 is 1.44 bits per heavy atom. The Morgan fingerprint density at radius 3 is 2.50 bits per heavy atom.